The molecule has 1 spiro atoms. The first-order valence-corrected chi connectivity index (χ1v) is 16.8. The van der Waals surface area contributed by atoms with Crippen LogP contribution in [-0.4, -0.2) is 74.4 Å². The largest absolute Gasteiger partial charge is 0.396 e. The van der Waals surface area contributed by atoms with Gasteiger partial charge in [-0.3, -0.25) is 14.4 Å². The normalized spacial score (nSPS) is 29.2. The van der Waals surface area contributed by atoms with Gasteiger partial charge in [0.1, 0.15) is 6.04 Å². The summed E-state index contributed by atoms with van der Waals surface area (Å²) in [5.74, 6) is -1.54. The van der Waals surface area contributed by atoms with E-state index < -0.39 is 27.4 Å². The Labute approximate surface area is 268 Å². The number of fused-ring (bicyclic) bond motifs is 3. The van der Waals surface area contributed by atoms with E-state index >= 15 is 0 Å². The van der Waals surface area contributed by atoms with Gasteiger partial charge in [0.05, 0.1) is 16.6 Å². The molecule has 2 fully saturated rings. The summed E-state index contributed by atoms with van der Waals surface area (Å²) in [6, 6.07) is 23.3. The van der Waals surface area contributed by atoms with Gasteiger partial charge in [0.2, 0.25) is 11.8 Å². The summed E-state index contributed by atoms with van der Waals surface area (Å²) in [5, 5.41) is 11.5. The Kier molecular flexibility index (Phi) is 7.82. The van der Waals surface area contributed by atoms with Crippen molar-refractivity contribution in [2.45, 2.75) is 48.3 Å². The van der Waals surface area contributed by atoms with E-state index in [2.05, 4.69) is 31.2 Å². The Morgan fingerprint density at radius 2 is 1.56 bits per heavy atom. The highest BCUT2D eigenvalue weighted by atomic mass is 32.2. The minimum absolute atomic E-state index is 0.0357. The van der Waals surface area contributed by atoms with Crippen LogP contribution < -0.4 is 4.90 Å². The summed E-state index contributed by atoms with van der Waals surface area (Å²) in [4.78, 5) is 49.5. The Balaban J connectivity index is 1.29. The number of thioether (sulfide) groups is 1. The third-order valence-corrected chi connectivity index (χ3v) is 11.8. The Bertz CT molecular complexity index is 1690. The number of nitrogens with zero attached hydrogens (tertiary/aromatic N) is 3. The highest BCUT2D eigenvalue weighted by Crippen LogP contribution is 2.65. The molecule has 4 heterocycles. The molecule has 3 amide bonds. The van der Waals surface area contributed by atoms with Crippen molar-refractivity contribution in [3.05, 3.63) is 103 Å². The monoisotopic (exact) mass is 621 g/mol. The van der Waals surface area contributed by atoms with Crippen molar-refractivity contribution in [2.24, 2.45) is 11.8 Å². The van der Waals surface area contributed by atoms with Gasteiger partial charge in [-0.2, -0.15) is 0 Å². The number of unbranched alkanes of at least 4 members (excludes halogenated alkanes) is 2. The summed E-state index contributed by atoms with van der Waals surface area (Å²) in [5.41, 5.74) is 1.84. The number of benzene rings is 3. The summed E-state index contributed by atoms with van der Waals surface area (Å²) in [6.07, 6.45) is 10.4. The summed E-state index contributed by atoms with van der Waals surface area (Å²) >= 11 is 1.62. The fourth-order valence-electron chi connectivity index (χ4n) is 7.90. The predicted molar refractivity (Wildman–Crippen MR) is 179 cm³/mol. The first kappa shape index (κ1) is 29.8. The SMILES string of the molecule is C[C@]12C=CCN(Cc3ccccc3)C(=O)[C@H]1[C@H]1C(=O)N(CCCCCO)C3C(=O)N(c4ccc5ccccc5c4)CC=C[C@@]31S2. The zero-order valence-corrected chi connectivity index (χ0v) is 26.4. The molecule has 0 radical (unpaired) electrons. The zero-order valence-electron chi connectivity index (χ0n) is 25.5. The minimum Gasteiger partial charge on any atom is -0.396 e. The second kappa shape index (κ2) is 11.8. The van der Waals surface area contributed by atoms with Crippen LogP contribution in [0.25, 0.3) is 10.8 Å². The van der Waals surface area contributed by atoms with Crippen LogP contribution >= 0.6 is 11.8 Å². The van der Waals surface area contributed by atoms with Crippen LogP contribution in [0.5, 0.6) is 0 Å². The molecule has 3 aromatic rings. The highest BCUT2D eigenvalue weighted by Gasteiger charge is 2.73. The molecule has 7 rings (SSSR count). The number of aliphatic hydroxyl groups is 1. The number of aliphatic hydroxyl groups excluding tert-OH is 1. The molecule has 3 aromatic carbocycles. The third-order valence-electron chi connectivity index (χ3n) is 9.96. The van der Waals surface area contributed by atoms with Crippen LogP contribution in [-0.2, 0) is 20.9 Å². The van der Waals surface area contributed by atoms with E-state index in [0.717, 1.165) is 28.4 Å². The minimum atomic E-state index is -0.883. The van der Waals surface area contributed by atoms with Crippen molar-refractivity contribution in [3.8, 4) is 0 Å². The fourth-order valence-corrected chi connectivity index (χ4v) is 10.1. The summed E-state index contributed by atoms with van der Waals surface area (Å²) in [7, 11) is 0. The van der Waals surface area contributed by atoms with Gasteiger partial charge in [0, 0.05) is 43.2 Å². The quantitative estimate of drug-likeness (QED) is 0.277. The van der Waals surface area contributed by atoms with E-state index in [1.807, 2.05) is 77.7 Å². The molecular weight excluding hydrogens is 582 g/mol. The van der Waals surface area contributed by atoms with Gasteiger partial charge in [0.15, 0.2) is 0 Å². The average molecular weight is 622 g/mol. The van der Waals surface area contributed by atoms with Crippen molar-refractivity contribution in [1.82, 2.24) is 9.80 Å². The lowest BCUT2D eigenvalue weighted by atomic mass is 9.74. The van der Waals surface area contributed by atoms with Gasteiger partial charge in [-0.1, -0.05) is 85.0 Å². The molecule has 7 nitrogen and oxygen atoms in total. The summed E-state index contributed by atoms with van der Waals surface area (Å²) < 4.78 is -1.53. The Morgan fingerprint density at radius 3 is 2.36 bits per heavy atom. The van der Waals surface area contributed by atoms with Crippen LogP contribution in [0.1, 0.15) is 31.7 Å². The zero-order chi connectivity index (χ0) is 31.2. The lowest BCUT2D eigenvalue weighted by Gasteiger charge is -2.37. The number of hydrogen-bond donors (Lipinski definition) is 1. The molecule has 5 atom stereocenters. The van der Waals surface area contributed by atoms with Crippen molar-refractivity contribution >= 4 is 45.9 Å². The van der Waals surface area contributed by atoms with Gasteiger partial charge in [-0.15, -0.1) is 11.8 Å². The predicted octanol–water partition coefficient (Wildman–Crippen LogP) is 5.19. The second-order valence-electron chi connectivity index (χ2n) is 12.8. The molecule has 8 heteroatoms. The maximum absolute atomic E-state index is 14.8. The number of hydrogen-bond acceptors (Lipinski definition) is 5. The molecule has 232 valence electrons. The number of amides is 3. The first-order valence-electron chi connectivity index (χ1n) is 16.0. The molecular formula is C37H39N3O4S. The molecule has 0 aromatic heterocycles. The number of carbonyl (C=O) groups is 3. The topological polar surface area (TPSA) is 81.2 Å². The molecule has 2 saturated heterocycles. The van der Waals surface area contributed by atoms with E-state index in [1.165, 1.54) is 0 Å². The van der Waals surface area contributed by atoms with E-state index in [-0.39, 0.29) is 24.3 Å². The van der Waals surface area contributed by atoms with Gasteiger partial charge >= 0.3 is 0 Å². The standard InChI is InChI=1S/C37H39N3O4S/c1-36-18-10-20-38(25-26-12-4-2-5-13-26)33(42)30(36)31-34(43)40(21-8-3-9-23-41)32-35(44)39(22-11-19-37(31,32)45-36)29-17-16-27-14-6-7-15-28(27)24-29/h2,4-7,10-19,24,30-32,41H,3,8-9,20-23,25H2,1H3/t30-,31+,32?,36+,37+/m1/s1. The Morgan fingerprint density at radius 1 is 0.800 bits per heavy atom. The number of likely N-dealkylation sites (tertiary alicyclic amines) is 1. The smallest absolute Gasteiger partial charge is 0.251 e. The van der Waals surface area contributed by atoms with Crippen LogP contribution in [0.2, 0.25) is 0 Å². The van der Waals surface area contributed by atoms with E-state index in [4.69, 9.17) is 0 Å². The second-order valence-corrected chi connectivity index (χ2v) is 14.6. The molecule has 0 bridgehead atoms. The third kappa shape index (κ3) is 4.99. The molecule has 0 aliphatic carbocycles. The van der Waals surface area contributed by atoms with Gasteiger partial charge in [-0.25, -0.2) is 0 Å². The molecule has 1 N–H and O–H groups in total. The lowest BCUT2D eigenvalue weighted by molar-refractivity contribution is -0.144. The Hall–Kier alpha value is -3.88. The number of carbonyl (C=O) groups excluding carboxylic acids is 3. The van der Waals surface area contributed by atoms with Crippen LogP contribution in [0.15, 0.2) is 97.1 Å². The van der Waals surface area contributed by atoms with Gasteiger partial charge in [-0.05, 0) is 54.7 Å². The van der Waals surface area contributed by atoms with Gasteiger partial charge < -0.3 is 19.8 Å². The maximum Gasteiger partial charge on any atom is 0.251 e. The molecule has 1 unspecified atom stereocenters. The van der Waals surface area contributed by atoms with Gasteiger partial charge in [0.25, 0.3) is 5.91 Å². The average Bonchev–Trinajstić information content (AvgIpc) is 3.31. The van der Waals surface area contributed by atoms with Crippen LogP contribution in [0.3, 0.4) is 0 Å². The first-order chi connectivity index (χ1) is 21.9. The molecule has 0 saturated carbocycles. The van der Waals surface area contributed by atoms with Crippen LogP contribution in [0, 0.1) is 11.8 Å². The van der Waals surface area contributed by atoms with Crippen molar-refractivity contribution in [1.29, 1.82) is 0 Å². The molecule has 4 aliphatic heterocycles. The number of rotatable bonds is 8. The fraction of sp³-hybridized carbons (Fsp3) is 0.378. The van der Waals surface area contributed by atoms with E-state index in [9.17, 15) is 19.5 Å². The van der Waals surface area contributed by atoms with Crippen molar-refractivity contribution in [3.63, 3.8) is 0 Å². The molecule has 45 heavy (non-hydrogen) atoms. The van der Waals surface area contributed by atoms with E-state index in [0.29, 0.717) is 39.0 Å². The maximum atomic E-state index is 14.8. The van der Waals surface area contributed by atoms with E-state index in [1.54, 1.807) is 21.6 Å². The lowest BCUT2D eigenvalue weighted by Crippen LogP contribution is -2.53. The summed E-state index contributed by atoms with van der Waals surface area (Å²) in [6.45, 7) is 3.90. The molecule has 4 aliphatic rings. The van der Waals surface area contributed by atoms with Crippen molar-refractivity contribution < 1.29 is 19.5 Å². The highest BCUT2D eigenvalue weighted by molar-refractivity contribution is 8.02. The number of anilines is 1. The van der Waals surface area contributed by atoms with Crippen LogP contribution in [0.4, 0.5) is 5.69 Å². The van der Waals surface area contributed by atoms with Crippen molar-refractivity contribution in [2.75, 3.05) is 31.1 Å².